The lowest BCUT2D eigenvalue weighted by Crippen LogP contribution is -2.18. The van der Waals surface area contributed by atoms with Gasteiger partial charge in [-0.25, -0.2) is 5.43 Å². The molecule has 2 aromatic carbocycles. The molecule has 1 heterocycles. The largest absolute Gasteiger partial charge is 0.493 e. The van der Waals surface area contributed by atoms with Crippen LogP contribution in [-0.4, -0.2) is 57.9 Å². The van der Waals surface area contributed by atoms with Crippen molar-refractivity contribution in [2.45, 2.75) is 0 Å². The number of H-pyrrole nitrogens is 1. The van der Waals surface area contributed by atoms with Gasteiger partial charge in [0.2, 0.25) is 5.75 Å². The normalized spacial score (nSPS) is 10.7. The highest BCUT2D eigenvalue weighted by molar-refractivity contribution is 5.96. The van der Waals surface area contributed by atoms with Gasteiger partial charge in [-0.3, -0.25) is 9.89 Å². The molecule has 2 N–H and O–H groups in total. The summed E-state index contributed by atoms with van der Waals surface area (Å²) in [7, 11) is 7.58. The summed E-state index contributed by atoms with van der Waals surface area (Å²) in [4.78, 5) is 12.6. The second kappa shape index (κ2) is 10.2. The number of nitrogens with one attached hydrogen (secondary N) is 2. The summed E-state index contributed by atoms with van der Waals surface area (Å²) in [6, 6.07) is 8.55. The van der Waals surface area contributed by atoms with Crippen LogP contribution < -0.4 is 29.1 Å². The molecule has 0 fully saturated rings. The molecule has 0 saturated carbocycles. The average Bonchev–Trinajstić information content (AvgIpc) is 3.30. The quantitative estimate of drug-likeness (QED) is 0.388. The molecule has 0 spiro atoms. The Labute approximate surface area is 185 Å². The van der Waals surface area contributed by atoms with Crippen LogP contribution >= 0.6 is 0 Å². The molecular formula is C22H24N4O6. The molecular weight excluding hydrogens is 416 g/mol. The van der Waals surface area contributed by atoms with Crippen LogP contribution in [0, 0.1) is 0 Å². The molecule has 1 amide bonds. The Kier molecular flexibility index (Phi) is 7.17. The fraction of sp³-hybridized carbons (Fsp3) is 0.227. The number of hydrogen-bond acceptors (Lipinski definition) is 8. The molecule has 0 aliphatic carbocycles. The van der Waals surface area contributed by atoms with Crippen LogP contribution in [0.25, 0.3) is 11.3 Å². The number of hydrogen-bond donors (Lipinski definition) is 2. The van der Waals surface area contributed by atoms with Crippen molar-refractivity contribution in [3.8, 4) is 40.0 Å². The highest BCUT2D eigenvalue weighted by atomic mass is 16.5. The summed E-state index contributed by atoms with van der Waals surface area (Å²) < 4.78 is 26.4. The van der Waals surface area contributed by atoms with Gasteiger partial charge in [0.25, 0.3) is 5.91 Å². The highest BCUT2D eigenvalue weighted by Crippen LogP contribution is 2.38. The van der Waals surface area contributed by atoms with E-state index >= 15 is 0 Å². The van der Waals surface area contributed by atoms with Gasteiger partial charge in [0.05, 0.1) is 53.7 Å². The maximum absolute atomic E-state index is 12.6. The number of carbonyl (C=O) groups excluding carboxylic acids is 1. The van der Waals surface area contributed by atoms with E-state index < -0.39 is 5.91 Å². The zero-order valence-corrected chi connectivity index (χ0v) is 18.4. The van der Waals surface area contributed by atoms with E-state index in [0.29, 0.717) is 45.6 Å². The Bertz CT molecular complexity index is 1100. The van der Waals surface area contributed by atoms with Gasteiger partial charge in [-0.15, -0.1) is 0 Å². The maximum atomic E-state index is 12.6. The summed E-state index contributed by atoms with van der Waals surface area (Å²) in [6.07, 6.45) is 3.09. The number of ether oxygens (including phenoxy) is 5. The third kappa shape index (κ3) is 4.59. The van der Waals surface area contributed by atoms with Crippen molar-refractivity contribution < 1.29 is 28.5 Å². The van der Waals surface area contributed by atoms with Crippen LogP contribution in [0.4, 0.5) is 0 Å². The first-order valence-corrected chi connectivity index (χ1v) is 9.45. The number of aromatic nitrogens is 2. The molecule has 10 heteroatoms. The second-order valence-corrected chi connectivity index (χ2v) is 6.38. The van der Waals surface area contributed by atoms with Gasteiger partial charge in [0.1, 0.15) is 0 Å². The van der Waals surface area contributed by atoms with Gasteiger partial charge in [-0.05, 0) is 30.3 Å². The Morgan fingerprint density at radius 2 is 1.56 bits per heavy atom. The molecule has 0 bridgehead atoms. The Balaban J connectivity index is 1.80. The molecule has 3 rings (SSSR count). The number of amides is 1. The van der Waals surface area contributed by atoms with Crippen LogP contribution in [0.3, 0.4) is 0 Å². The minimum Gasteiger partial charge on any atom is -0.493 e. The van der Waals surface area contributed by atoms with Crippen molar-refractivity contribution in [3.63, 3.8) is 0 Å². The van der Waals surface area contributed by atoms with Gasteiger partial charge in [-0.1, -0.05) is 0 Å². The van der Waals surface area contributed by atoms with E-state index in [2.05, 4.69) is 20.7 Å². The molecule has 32 heavy (non-hydrogen) atoms. The third-order valence-corrected chi connectivity index (χ3v) is 4.64. The number of hydrazone groups is 1. The Morgan fingerprint density at radius 3 is 2.16 bits per heavy atom. The van der Waals surface area contributed by atoms with Crippen molar-refractivity contribution in [2.24, 2.45) is 5.10 Å². The monoisotopic (exact) mass is 440 g/mol. The predicted octanol–water partition coefficient (Wildman–Crippen LogP) is 2.88. The molecule has 1 aromatic heterocycles. The summed E-state index contributed by atoms with van der Waals surface area (Å²) in [5, 5.41) is 11.0. The minimum atomic E-state index is -0.448. The summed E-state index contributed by atoms with van der Waals surface area (Å²) in [5.74, 6) is 1.88. The fourth-order valence-electron chi connectivity index (χ4n) is 3.05. The standard InChI is InChI=1S/C22H24N4O6/c1-28-16-7-6-13(8-17(16)29-2)20-15(11-23-25-20)12-24-26-22(27)14-9-18(30-3)21(32-5)19(10-14)31-4/h6-12H,1-5H3,(H,23,25)(H,26,27). The van der Waals surface area contributed by atoms with Crippen LogP contribution in [0.15, 0.2) is 41.6 Å². The van der Waals surface area contributed by atoms with Crippen molar-refractivity contribution in [1.29, 1.82) is 0 Å². The summed E-state index contributed by atoms with van der Waals surface area (Å²) >= 11 is 0. The molecule has 3 aromatic rings. The van der Waals surface area contributed by atoms with E-state index in [4.69, 9.17) is 23.7 Å². The van der Waals surface area contributed by atoms with Gasteiger partial charge >= 0.3 is 0 Å². The maximum Gasteiger partial charge on any atom is 0.271 e. The van der Waals surface area contributed by atoms with Gasteiger partial charge in [0, 0.05) is 16.7 Å². The lowest BCUT2D eigenvalue weighted by atomic mass is 10.1. The minimum absolute atomic E-state index is 0.295. The van der Waals surface area contributed by atoms with E-state index in [-0.39, 0.29) is 0 Å². The molecule has 10 nitrogen and oxygen atoms in total. The number of aromatic amines is 1. The molecule has 0 radical (unpaired) electrons. The molecule has 0 aliphatic heterocycles. The van der Waals surface area contributed by atoms with E-state index in [1.807, 2.05) is 12.1 Å². The van der Waals surface area contributed by atoms with Crippen molar-refractivity contribution in [3.05, 3.63) is 47.7 Å². The second-order valence-electron chi connectivity index (χ2n) is 6.38. The summed E-state index contributed by atoms with van der Waals surface area (Å²) in [6.45, 7) is 0. The number of nitrogens with zero attached hydrogens (tertiary/aromatic N) is 2. The molecule has 0 unspecified atom stereocenters. The number of carbonyl (C=O) groups is 1. The van der Waals surface area contributed by atoms with E-state index in [1.54, 1.807) is 38.6 Å². The van der Waals surface area contributed by atoms with Crippen LogP contribution in [0.1, 0.15) is 15.9 Å². The van der Waals surface area contributed by atoms with E-state index in [0.717, 1.165) is 5.56 Å². The van der Waals surface area contributed by atoms with Crippen molar-refractivity contribution in [1.82, 2.24) is 15.6 Å². The van der Waals surface area contributed by atoms with Crippen LogP contribution in [-0.2, 0) is 0 Å². The SMILES string of the molecule is COc1ccc(-c2[nH]ncc2C=NNC(=O)c2cc(OC)c(OC)c(OC)c2)cc1OC. The summed E-state index contributed by atoms with van der Waals surface area (Å²) in [5.41, 5.74) is 4.98. The topological polar surface area (TPSA) is 116 Å². The zero-order chi connectivity index (χ0) is 23.1. The predicted molar refractivity (Wildman–Crippen MR) is 118 cm³/mol. The highest BCUT2D eigenvalue weighted by Gasteiger charge is 2.17. The van der Waals surface area contributed by atoms with Gasteiger partial charge < -0.3 is 23.7 Å². The molecule has 0 atom stereocenters. The molecule has 0 saturated heterocycles. The van der Waals surface area contributed by atoms with E-state index in [9.17, 15) is 4.79 Å². The lowest BCUT2D eigenvalue weighted by molar-refractivity contribution is 0.0954. The van der Waals surface area contributed by atoms with E-state index in [1.165, 1.54) is 27.5 Å². The first-order valence-electron chi connectivity index (χ1n) is 9.45. The van der Waals surface area contributed by atoms with Crippen LogP contribution in [0.2, 0.25) is 0 Å². The Hall–Kier alpha value is -4.21. The van der Waals surface area contributed by atoms with Crippen LogP contribution in [0.5, 0.6) is 28.7 Å². The smallest absolute Gasteiger partial charge is 0.271 e. The number of methoxy groups -OCH3 is 5. The lowest BCUT2D eigenvalue weighted by Gasteiger charge is -2.13. The Morgan fingerprint density at radius 1 is 0.906 bits per heavy atom. The van der Waals surface area contributed by atoms with Gasteiger partial charge in [0.15, 0.2) is 23.0 Å². The molecule has 168 valence electrons. The average molecular weight is 440 g/mol. The van der Waals surface area contributed by atoms with Gasteiger partial charge in [-0.2, -0.15) is 10.2 Å². The van der Waals surface area contributed by atoms with Crippen molar-refractivity contribution in [2.75, 3.05) is 35.5 Å². The first kappa shape index (κ1) is 22.5. The zero-order valence-electron chi connectivity index (χ0n) is 18.4. The number of rotatable bonds is 9. The fourth-order valence-corrected chi connectivity index (χ4v) is 3.05. The van der Waals surface area contributed by atoms with Crippen molar-refractivity contribution >= 4 is 12.1 Å². The molecule has 0 aliphatic rings. The number of benzene rings is 2. The first-order chi connectivity index (χ1) is 15.6. The third-order valence-electron chi connectivity index (χ3n) is 4.64.